The van der Waals surface area contributed by atoms with Crippen LogP contribution in [0.2, 0.25) is 5.28 Å². The Labute approximate surface area is 127 Å². The van der Waals surface area contributed by atoms with E-state index in [1.165, 1.54) is 11.3 Å². The standard InChI is InChI=1S/C14H18ClN3OS/c1-3-8-7-9-12(17-14(15)18-13(9)20-8)16-10-5-4-6-11(10)19-2/h7,10-11H,3-6H2,1-2H3,(H,16,17,18). The summed E-state index contributed by atoms with van der Waals surface area (Å²) in [6.45, 7) is 2.14. The van der Waals surface area contributed by atoms with E-state index >= 15 is 0 Å². The Morgan fingerprint density at radius 3 is 3.05 bits per heavy atom. The van der Waals surface area contributed by atoms with E-state index < -0.39 is 0 Å². The summed E-state index contributed by atoms with van der Waals surface area (Å²) in [4.78, 5) is 11.0. The Kier molecular flexibility index (Phi) is 4.10. The smallest absolute Gasteiger partial charge is 0.225 e. The van der Waals surface area contributed by atoms with Crippen molar-refractivity contribution >= 4 is 39.0 Å². The molecule has 2 aromatic heterocycles. The second-order valence-corrected chi connectivity index (χ2v) is 6.54. The second kappa shape index (κ2) is 5.84. The Hall–Kier alpha value is -0.910. The van der Waals surface area contributed by atoms with E-state index in [9.17, 15) is 0 Å². The van der Waals surface area contributed by atoms with Gasteiger partial charge in [0.15, 0.2) is 0 Å². The van der Waals surface area contributed by atoms with Gasteiger partial charge in [-0.1, -0.05) is 6.92 Å². The molecule has 0 saturated heterocycles. The number of rotatable bonds is 4. The van der Waals surface area contributed by atoms with Crippen molar-refractivity contribution in [3.05, 3.63) is 16.2 Å². The van der Waals surface area contributed by atoms with Crippen LogP contribution >= 0.6 is 22.9 Å². The minimum absolute atomic E-state index is 0.253. The maximum absolute atomic E-state index is 6.05. The molecule has 4 nitrogen and oxygen atoms in total. The van der Waals surface area contributed by atoms with Crippen molar-refractivity contribution in [1.29, 1.82) is 0 Å². The fraction of sp³-hybridized carbons (Fsp3) is 0.571. The number of aromatic nitrogens is 2. The highest BCUT2D eigenvalue weighted by molar-refractivity contribution is 7.18. The highest BCUT2D eigenvalue weighted by Gasteiger charge is 2.28. The van der Waals surface area contributed by atoms with Crippen LogP contribution < -0.4 is 5.32 Å². The largest absolute Gasteiger partial charge is 0.379 e. The summed E-state index contributed by atoms with van der Waals surface area (Å²) in [5.41, 5.74) is 0. The van der Waals surface area contributed by atoms with Crippen LogP contribution in [-0.2, 0) is 11.2 Å². The molecule has 2 atom stereocenters. The zero-order chi connectivity index (χ0) is 14.1. The molecule has 20 heavy (non-hydrogen) atoms. The molecular formula is C14H18ClN3OS. The molecule has 0 aromatic carbocycles. The van der Waals surface area contributed by atoms with Crippen molar-refractivity contribution in [2.24, 2.45) is 0 Å². The van der Waals surface area contributed by atoms with Crippen LogP contribution in [0.3, 0.4) is 0 Å². The molecule has 0 bridgehead atoms. The van der Waals surface area contributed by atoms with Crippen LogP contribution in [0, 0.1) is 0 Å². The Morgan fingerprint density at radius 1 is 1.45 bits per heavy atom. The first-order chi connectivity index (χ1) is 9.71. The van der Waals surface area contributed by atoms with Gasteiger partial charge in [-0.05, 0) is 43.4 Å². The van der Waals surface area contributed by atoms with Gasteiger partial charge in [-0.2, -0.15) is 0 Å². The van der Waals surface area contributed by atoms with Crippen molar-refractivity contribution in [2.45, 2.75) is 44.8 Å². The Bertz CT molecular complexity index is 616. The molecule has 1 saturated carbocycles. The van der Waals surface area contributed by atoms with Crippen molar-refractivity contribution < 1.29 is 4.74 Å². The number of thiophene rings is 1. The first kappa shape index (κ1) is 14.0. The van der Waals surface area contributed by atoms with Crippen LogP contribution in [0.4, 0.5) is 5.82 Å². The fourth-order valence-corrected chi connectivity index (χ4v) is 3.96. The molecule has 108 valence electrons. The normalized spacial score (nSPS) is 22.6. The number of hydrogen-bond donors (Lipinski definition) is 1. The van der Waals surface area contributed by atoms with Gasteiger partial charge in [0, 0.05) is 12.0 Å². The van der Waals surface area contributed by atoms with E-state index in [0.29, 0.717) is 11.3 Å². The summed E-state index contributed by atoms with van der Waals surface area (Å²) >= 11 is 7.73. The van der Waals surface area contributed by atoms with Crippen LogP contribution in [0.5, 0.6) is 0 Å². The van der Waals surface area contributed by atoms with Crippen molar-refractivity contribution in [2.75, 3.05) is 12.4 Å². The number of hydrogen-bond acceptors (Lipinski definition) is 5. The lowest BCUT2D eigenvalue weighted by molar-refractivity contribution is 0.101. The predicted octanol–water partition coefficient (Wildman–Crippen LogP) is 3.89. The van der Waals surface area contributed by atoms with Gasteiger partial charge in [-0.25, -0.2) is 9.97 Å². The molecule has 1 N–H and O–H groups in total. The lowest BCUT2D eigenvalue weighted by atomic mass is 10.2. The second-order valence-electron chi connectivity index (χ2n) is 5.08. The number of anilines is 1. The molecule has 0 spiro atoms. The summed E-state index contributed by atoms with van der Waals surface area (Å²) < 4.78 is 5.53. The average molecular weight is 312 g/mol. The van der Waals surface area contributed by atoms with E-state index in [0.717, 1.165) is 35.3 Å². The fourth-order valence-electron chi connectivity index (χ4n) is 2.78. The third-order valence-electron chi connectivity index (χ3n) is 3.84. The van der Waals surface area contributed by atoms with Crippen molar-refractivity contribution in [1.82, 2.24) is 9.97 Å². The molecule has 6 heteroatoms. The maximum atomic E-state index is 6.05. The van der Waals surface area contributed by atoms with Crippen LogP contribution in [0.15, 0.2) is 6.07 Å². The van der Waals surface area contributed by atoms with Gasteiger partial charge in [0.25, 0.3) is 0 Å². The van der Waals surface area contributed by atoms with E-state index in [1.807, 2.05) is 0 Å². The highest BCUT2D eigenvalue weighted by Crippen LogP contribution is 2.32. The summed E-state index contributed by atoms with van der Waals surface area (Å²) in [5.74, 6) is 0.838. The van der Waals surface area contributed by atoms with Crippen LogP contribution in [-0.4, -0.2) is 29.2 Å². The lowest BCUT2D eigenvalue weighted by Gasteiger charge is -2.20. The molecule has 2 aromatic rings. The number of halogens is 1. The third kappa shape index (κ3) is 2.62. The topological polar surface area (TPSA) is 47.0 Å². The van der Waals surface area contributed by atoms with Crippen LogP contribution in [0.1, 0.15) is 31.1 Å². The molecule has 0 aliphatic heterocycles. The molecule has 2 unspecified atom stereocenters. The molecular weight excluding hydrogens is 294 g/mol. The first-order valence-corrected chi connectivity index (χ1v) is 8.16. The van der Waals surface area contributed by atoms with Gasteiger partial charge >= 0.3 is 0 Å². The summed E-state index contributed by atoms with van der Waals surface area (Å²) in [7, 11) is 1.77. The van der Waals surface area contributed by atoms with Gasteiger partial charge in [0.1, 0.15) is 10.6 Å². The first-order valence-electron chi connectivity index (χ1n) is 6.96. The number of methoxy groups -OCH3 is 1. The summed E-state index contributed by atoms with van der Waals surface area (Å²) in [6.07, 6.45) is 4.64. The molecule has 0 amide bonds. The van der Waals surface area contributed by atoms with E-state index in [2.05, 4.69) is 28.3 Å². The number of fused-ring (bicyclic) bond motifs is 1. The monoisotopic (exact) mass is 311 g/mol. The van der Waals surface area contributed by atoms with E-state index in [4.69, 9.17) is 16.3 Å². The number of aryl methyl sites for hydroxylation is 1. The summed E-state index contributed by atoms with van der Waals surface area (Å²) in [5, 5.41) is 4.88. The molecule has 1 aliphatic rings. The minimum Gasteiger partial charge on any atom is -0.379 e. The molecule has 3 rings (SSSR count). The summed E-state index contributed by atoms with van der Waals surface area (Å²) in [6, 6.07) is 2.47. The predicted molar refractivity (Wildman–Crippen MR) is 83.9 cm³/mol. The molecule has 1 fully saturated rings. The Balaban J connectivity index is 1.95. The van der Waals surface area contributed by atoms with E-state index in [-0.39, 0.29) is 6.10 Å². The zero-order valence-electron chi connectivity index (χ0n) is 11.6. The number of nitrogens with zero attached hydrogens (tertiary/aromatic N) is 2. The average Bonchev–Trinajstić information content (AvgIpc) is 3.04. The maximum Gasteiger partial charge on any atom is 0.225 e. The van der Waals surface area contributed by atoms with Crippen molar-refractivity contribution in [3.8, 4) is 0 Å². The molecule has 2 heterocycles. The quantitative estimate of drug-likeness (QED) is 0.870. The molecule has 1 aliphatic carbocycles. The van der Waals surface area contributed by atoms with Gasteiger partial charge in [-0.15, -0.1) is 11.3 Å². The van der Waals surface area contributed by atoms with Gasteiger partial charge < -0.3 is 10.1 Å². The molecule has 0 radical (unpaired) electrons. The Morgan fingerprint density at radius 2 is 2.30 bits per heavy atom. The van der Waals surface area contributed by atoms with Crippen molar-refractivity contribution in [3.63, 3.8) is 0 Å². The lowest BCUT2D eigenvalue weighted by Crippen LogP contribution is -2.30. The van der Waals surface area contributed by atoms with E-state index in [1.54, 1.807) is 18.4 Å². The third-order valence-corrected chi connectivity index (χ3v) is 5.18. The minimum atomic E-state index is 0.253. The number of ether oxygens (including phenoxy) is 1. The van der Waals surface area contributed by atoms with Gasteiger partial charge in [0.2, 0.25) is 5.28 Å². The highest BCUT2D eigenvalue weighted by atomic mass is 35.5. The van der Waals surface area contributed by atoms with Gasteiger partial charge in [-0.3, -0.25) is 0 Å². The van der Waals surface area contributed by atoms with Gasteiger partial charge in [0.05, 0.1) is 17.5 Å². The SMILES string of the molecule is CCc1cc2c(NC3CCCC3OC)nc(Cl)nc2s1. The van der Waals surface area contributed by atoms with Crippen LogP contribution in [0.25, 0.3) is 10.2 Å². The zero-order valence-corrected chi connectivity index (χ0v) is 13.2. The number of nitrogens with one attached hydrogen (secondary N) is 1.